The first-order valence-electron chi connectivity index (χ1n) is 19.1. The summed E-state index contributed by atoms with van der Waals surface area (Å²) < 4.78 is 75.3. The molecule has 0 saturated heterocycles. The highest BCUT2D eigenvalue weighted by molar-refractivity contribution is 7.86. The molecule has 0 aliphatic carbocycles. The van der Waals surface area contributed by atoms with Crippen LogP contribution in [0.5, 0.6) is 0 Å². The lowest BCUT2D eigenvalue weighted by molar-refractivity contribution is -0.316. The molecular weight excluding hydrogens is 937 g/mol. The Morgan fingerprint density at radius 3 is 1.06 bits per heavy atom. The summed E-state index contributed by atoms with van der Waals surface area (Å²) in [6.45, 7) is 0. The van der Waals surface area contributed by atoms with E-state index in [-0.39, 0.29) is 46.3 Å². The second-order valence-corrected chi connectivity index (χ2v) is 16.5. The summed E-state index contributed by atoms with van der Waals surface area (Å²) in [5, 5.41) is 61.2. The molecule has 0 aliphatic rings. The number of para-hydroxylation sites is 2. The number of hydrogen-bond donors (Lipinski definition) is 6. The van der Waals surface area contributed by atoms with Gasteiger partial charge in [0.1, 0.15) is 20.2 Å². The number of carboxylic acids is 4. The molecule has 6 rings (SSSR count). The van der Waals surface area contributed by atoms with Crippen LogP contribution in [0.4, 0.5) is 58.4 Å². The van der Waals surface area contributed by atoms with E-state index in [1.807, 2.05) is 0 Å². The number of carbonyl (C=O) groups excluding carboxylic acids is 4. The van der Waals surface area contributed by atoms with Crippen molar-refractivity contribution in [3.05, 3.63) is 108 Å². The SMILES string of the molecule is O=C([O-])CC(Nc1nc(Nc2ccccc2)nc(Nc2ccc(/C=C/c3ccc(Nc4nc(Nc5ccccc5)nc(NC(CC(=O)[O-])C(=O)[O-])n4)cc3S(=O)(=O)[O-])c(S(=O)(=O)[O-])c2)n1)C(=O)[O-]. The highest BCUT2D eigenvalue weighted by Gasteiger charge is 2.18. The molecule has 2 unspecified atom stereocenters. The highest BCUT2D eigenvalue weighted by Crippen LogP contribution is 2.29. The van der Waals surface area contributed by atoms with Crippen LogP contribution < -0.4 is 52.3 Å². The number of nitrogens with zero attached hydrogens (tertiary/aromatic N) is 6. The Labute approximate surface area is 383 Å². The molecule has 0 fully saturated rings. The van der Waals surface area contributed by atoms with Crippen molar-refractivity contribution in [3.8, 4) is 0 Å². The first-order chi connectivity index (χ1) is 32.2. The summed E-state index contributed by atoms with van der Waals surface area (Å²) in [4.78, 5) is 68.4. The van der Waals surface area contributed by atoms with E-state index < -0.39 is 90.7 Å². The molecule has 2 atom stereocenters. The minimum Gasteiger partial charge on any atom is -0.744 e. The number of carbonyl (C=O) groups is 4. The second-order valence-electron chi connectivity index (χ2n) is 13.8. The Balaban J connectivity index is 1.30. The molecule has 6 aromatic rings. The zero-order valence-electron chi connectivity index (χ0n) is 34.2. The molecule has 28 heteroatoms. The third-order valence-corrected chi connectivity index (χ3v) is 10.6. The molecule has 6 N–H and O–H groups in total. The summed E-state index contributed by atoms with van der Waals surface area (Å²) in [6, 6.07) is 19.4. The topological polar surface area (TPSA) is 424 Å². The number of nitrogens with one attached hydrogen (secondary N) is 6. The highest BCUT2D eigenvalue weighted by atomic mass is 32.2. The van der Waals surface area contributed by atoms with E-state index in [4.69, 9.17) is 0 Å². The largest absolute Gasteiger partial charge is 0.744 e. The van der Waals surface area contributed by atoms with Gasteiger partial charge in [0.25, 0.3) is 0 Å². The van der Waals surface area contributed by atoms with Crippen molar-refractivity contribution >= 4 is 115 Å². The van der Waals surface area contributed by atoms with Crippen molar-refractivity contribution in [2.75, 3.05) is 31.9 Å². The maximum atomic E-state index is 12.6. The molecule has 4 aromatic carbocycles. The molecule has 0 spiro atoms. The van der Waals surface area contributed by atoms with E-state index in [2.05, 4.69) is 61.8 Å². The van der Waals surface area contributed by atoms with Gasteiger partial charge < -0.3 is 80.6 Å². The van der Waals surface area contributed by atoms with Crippen LogP contribution in [0.1, 0.15) is 24.0 Å². The minimum atomic E-state index is -5.31. The normalized spacial score (nSPS) is 12.3. The smallest absolute Gasteiger partial charge is 0.233 e. The van der Waals surface area contributed by atoms with Crippen LogP contribution in [-0.2, 0) is 39.4 Å². The Morgan fingerprint density at radius 1 is 0.456 bits per heavy atom. The van der Waals surface area contributed by atoms with Gasteiger partial charge in [-0.05, 0) is 59.7 Å². The van der Waals surface area contributed by atoms with Crippen molar-refractivity contribution in [2.24, 2.45) is 0 Å². The molecule has 0 bridgehead atoms. The fraction of sp³-hybridized carbons (Fsp3) is 0.100. The maximum absolute atomic E-state index is 12.6. The zero-order chi connectivity index (χ0) is 49.2. The van der Waals surface area contributed by atoms with E-state index in [1.54, 1.807) is 60.7 Å². The van der Waals surface area contributed by atoms with Gasteiger partial charge in [-0.25, -0.2) is 16.8 Å². The van der Waals surface area contributed by atoms with Crippen molar-refractivity contribution in [2.45, 2.75) is 34.7 Å². The van der Waals surface area contributed by atoms with Gasteiger partial charge in [-0.3, -0.25) is 0 Å². The number of aliphatic carboxylic acids is 4. The fourth-order valence-corrected chi connectivity index (χ4v) is 7.20. The van der Waals surface area contributed by atoms with Crippen LogP contribution in [-0.4, -0.2) is 91.8 Å². The van der Waals surface area contributed by atoms with Gasteiger partial charge in [0, 0.05) is 47.5 Å². The lowest BCUT2D eigenvalue weighted by Crippen LogP contribution is -2.44. The first-order valence-corrected chi connectivity index (χ1v) is 21.9. The van der Waals surface area contributed by atoms with E-state index in [9.17, 15) is 65.5 Å². The van der Waals surface area contributed by atoms with Gasteiger partial charge in [0.15, 0.2) is 0 Å². The average Bonchev–Trinajstić information content (AvgIpc) is 3.25. The molecule has 68 heavy (non-hydrogen) atoms. The van der Waals surface area contributed by atoms with Crippen LogP contribution in [0.15, 0.2) is 107 Å². The molecule has 352 valence electrons. The first kappa shape index (κ1) is 48.6. The van der Waals surface area contributed by atoms with Crippen molar-refractivity contribution < 1.29 is 65.5 Å². The molecule has 2 aromatic heterocycles. The van der Waals surface area contributed by atoms with Crippen LogP contribution >= 0.6 is 0 Å². The van der Waals surface area contributed by atoms with Crippen LogP contribution in [0.25, 0.3) is 12.2 Å². The lowest BCUT2D eigenvalue weighted by Gasteiger charge is -2.21. The average molecular weight is 967 g/mol. The molecule has 0 radical (unpaired) electrons. The molecule has 0 aliphatic heterocycles. The van der Waals surface area contributed by atoms with Gasteiger partial charge in [0.2, 0.25) is 35.7 Å². The van der Waals surface area contributed by atoms with Crippen LogP contribution in [0.2, 0.25) is 0 Å². The monoisotopic (exact) mass is 966 g/mol. The zero-order valence-corrected chi connectivity index (χ0v) is 35.8. The summed E-state index contributed by atoms with van der Waals surface area (Å²) in [5.74, 6) is -9.23. The summed E-state index contributed by atoms with van der Waals surface area (Å²) in [6.07, 6.45) is -0.0198. The van der Waals surface area contributed by atoms with Crippen molar-refractivity contribution in [1.82, 2.24) is 29.9 Å². The molecular formula is C40H30N12O14S2-6. The van der Waals surface area contributed by atoms with Crippen molar-refractivity contribution in [3.63, 3.8) is 0 Å². The maximum Gasteiger partial charge on any atom is 0.233 e. The lowest BCUT2D eigenvalue weighted by atomic mass is 10.1. The standard InChI is InChI=1S/C40H36N12O14S2/c53-31(54)19-27(33(57)58)45-39-49-35(41-23-7-3-1-4-8-23)47-37(51-39)43-25-15-13-21(29(17-25)67(61,62)63)11-12-22-14-16-26(18-30(22)68(64,65)66)44-38-48-36(42-24-9-5-2-6-10-24)50-40(52-38)46-28(34(59)60)20-32(55)56/h1-18,27-28H,19-20H2,(H,53,54)(H,55,56)(H,57,58)(H,59,60)(H,61,62,63)(H,64,65,66)(H3,41,43,45,47,49,51)(H3,42,44,46,48,50,52)/p-6/b12-11+. The Hall–Kier alpha value is -8.86. The predicted molar refractivity (Wildman–Crippen MR) is 227 cm³/mol. The second kappa shape index (κ2) is 21.0. The van der Waals surface area contributed by atoms with Gasteiger partial charge in [-0.15, -0.1) is 0 Å². The third kappa shape index (κ3) is 13.8. The fourth-order valence-electron chi connectivity index (χ4n) is 5.81. The summed E-state index contributed by atoms with van der Waals surface area (Å²) in [7, 11) is -10.6. The third-order valence-electron chi connectivity index (χ3n) is 8.77. The van der Waals surface area contributed by atoms with Crippen LogP contribution in [0, 0.1) is 0 Å². The van der Waals surface area contributed by atoms with E-state index in [0.29, 0.717) is 11.4 Å². The quantitative estimate of drug-likeness (QED) is 0.0328. The Morgan fingerprint density at radius 2 is 0.765 bits per heavy atom. The minimum absolute atomic E-state index is 0.128. The van der Waals surface area contributed by atoms with Gasteiger partial charge in [-0.1, -0.05) is 60.7 Å². The number of rotatable bonds is 22. The van der Waals surface area contributed by atoms with Gasteiger partial charge in [0.05, 0.1) is 33.8 Å². The predicted octanol–water partition coefficient (Wildman–Crippen LogP) is -1.65. The van der Waals surface area contributed by atoms with Gasteiger partial charge >= 0.3 is 0 Å². The number of carboxylic acid groups (broad SMARTS) is 4. The molecule has 0 amide bonds. The number of benzene rings is 4. The Kier molecular flexibility index (Phi) is 15.0. The van der Waals surface area contributed by atoms with E-state index in [1.165, 1.54) is 12.1 Å². The van der Waals surface area contributed by atoms with Crippen molar-refractivity contribution in [1.29, 1.82) is 0 Å². The summed E-state index contributed by atoms with van der Waals surface area (Å²) in [5.41, 5.74) is 0.0756. The summed E-state index contributed by atoms with van der Waals surface area (Å²) >= 11 is 0. The van der Waals surface area contributed by atoms with E-state index >= 15 is 0 Å². The molecule has 26 nitrogen and oxygen atoms in total. The number of aromatic nitrogens is 6. The van der Waals surface area contributed by atoms with E-state index in [0.717, 1.165) is 36.4 Å². The Bertz CT molecular complexity index is 2920. The number of hydrogen-bond acceptors (Lipinski definition) is 26. The molecule has 0 saturated carbocycles. The van der Waals surface area contributed by atoms with Gasteiger partial charge in [-0.2, -0.15) is 29.9 Å². The van der Waals surface area contributed by atoms with Crippen LogP contribution in [0.3, 0.4) is 0 Å². The number of anilines is 10. The molecule has 2 heterocycles.